The molecule has 0 atom stereocenters. The molecule has 0 spiro atoms. The van der Waals surface area contributed by atoms with Gasteiger partial charge in [0, 0.05) is 42.3 Å². The molecule has 3 aromatic heterocycles. The van der Waals surface area contributed by atoms with Gasteiger partial charge in [-0.2, -0.15) is 5.10 Å². The minimum absolute atomic E-state index is 0.788. The van der Waals surface area contributed by atoms with Gasteiger partial charge in [0.25, 0.3) is 0 Å². The molecule has 6 heteroatoms. The lowest BCUT2D eigenvalue weighted by Crippen LogP contribution is -2.36. The number of hydrogen-bond acceptors (Lipinski definition) is 4. The summed E-state index contributed by atoms with van der Waals surface area (Å²) in [5.74, 6) is 0. The molecule has 1 saturated heterocycles. The van der Waals surface area contributed by atoms with E-state index in [-0.39, 0.29) is 0 Å². The third kappa shape index (κ3) is 2.64. The van der Waals surface area contributed by atoms with E-state index in [1.54, 1.807) is 0 Å². The fourth-order valence-corrected chi connectivity index (χ4v) is 3.52. The van der Waals surface area contributed by atoms with Crippen molar-refractivity contribution in [1.82, 2.24) is 19.6 Å². The molecule has 0 radical (unpaired) electrons. The first-order valence-corrected chi connectivity index (χ1v) is 8.76. The number of pyridine rings is 1. The van der Waals surface area contributed by atoms with Gasteiger partial charge in [0.1, 0.15) is 0 Å². The fourth-order valence-electron chi connectivity index (χ4n) is 3.52. The Bertz CT molecular complexity index is 1030. The molecule has 0 unspecified atom stereocenters. The molecule has 4 heterocycles. The van der Waals surface area contributed by atoms with Crippen LogP contribution in [0.3, 0.4) is 0 Å². The SMILES string of the molecule is c1cc(-c2cc(-c3cn[nH]c3)c3cncn3c2)cc(N2CCOCC2)c1. The molecule has 1 aliphatic heterocycles. The third-order valence-electron chi connectivity index (χ3n) is 4.88. The molecule has 1 aromatic carbocycles. The summed E-state index contributed by atoms with van der Waals surface area (Å²) in [7, 11) is 0. The van der Waals surface area contributed by atoms with E-state index in [9.17, 15) is 0 Å². The van der Waals surface area contributed by atoms with Gasteiger partial charge in [-0.15, -0.1) is 0 Å². The molecule has 4 aromatic rings. The predicted molar refractivity (Wildman–Crippen MR) is 101 cm³/mol. The van der Waals surface area contributed by atoms with Gasteiger partial charge in [0.15, 0.2) is 0 Å². The van der Waals surface area contributed by atoms with E-state index >= 15 is 0 Å². The number of morpholine rings is 1. The minimum Gasteiger partial charge on any atom is -0.378 e. The van der Waals surface area contributed by atoms with Crippen LogP contribution >= 0.6 is 0 Å². The normalized spacial score (nSPS) is 14.8. The number of fused-ring (bicyclic) bond motifs is 1. The van der Waals surface area contributed by atoms with Crippen molar-refractivity contribution < 1.29 is 4.74 Å². The molecule has 1 aliphatic rings. The standard InChI is InChI=1S/C20H19N5O/c1-2-15(8-18(3-1)24-4-6-26-7-5-24)16-9-19(17-10-22-23-11-17)20-12-21-14-25(20)13-16/h1-3,8-14H,4-7H2,(H,22,23). The molecule has 1 fully saturated rings. The van der Waals surface area contributed by atoms with Crippen molar-refractivity contribution in [2.75, 3.05) is 31.2 Å². The highest BCUT2D eigenvalue weighted by Crippen LogP contribution is 2.31. The number of hydrogen-bond donors (Lipinski definition) is 1. The Balaban J connectivity index is 1.61. The average molecular weight is 345 g/mol. The number of benzene rings is 1. The number of nitrogens with zero attached hydrogens (tertiary/aromatic N) is 4. The van der Waals surface area contributed by atoms with E-state index in [0.29, 0.717) is 0 Å². The summed E-state index contributed by atoms with van der Waals surface area (Å²) in [6.45, 7) is 3.44. The first-order valence-electron chi connectivity index (χ1n) is 8.76. The number of aromatic nitrogens is 4. The van der Waals surface area contributed by atoms with Gasteiger partial charge in [-0.1, -0.05) is 12.1 Å². The molecule has 6 nitrogen and oxygen atoms in total. The number of aromatic amines is 1. The van der Waals surface area contributed by atoms with E-state index < -0.39 is 0 Å². The minimum atomic E-state index is 0.788. The van der Waals surface area contributed by atoms with E-state index in [1.165, 1.54) is 11.3 Å². The smallest absolute Gasteiger partial charge is 0.0992 e. The maximum Gasteiger partial charge on any atom is 0.0992 e. The fraction of sp³-hybridized carbons (Fsp3) is 0.200. The van der Waals surface area contributed by atoms with Crippen LogP contribution < -0.4 is 4.90 Å². The number of rotatable bonds is 3. The Morgan fingerprint density at radius 3 is 2.77 bits per heavy atom. The lowest BCUT2D eigenvalue weighted by molar-refractivity contribution is 0.122. The first-order chi connectivity index (χ1) is 12.9. The largest absolute Gasteiger partial charge is 0.378 e. The highest BCUT2D eigenvalue weighted by molar-refractivity contribution is 5.84. The van der Waals surface area contributed by atoms with Crippen molar-refractivity contribution in [3.8, 4) is 22.3 Å². The van der Waals surface area contributed by atoms with E-state index in [1.807, 2.05) is 24.9 Å². The average Bonchev–Trinajstić information content (AvgIpc) is 3.40. The number of imidazole rings is 1. The Kier molecular flexibility index (Phi) is 3.68. The maximum atomic E-state index is 5.47. The third-order valence-corrected chi connectivity index (χ3v) is 4.88. The summed E-state index contributed by atoms with van der Waals surface area (Å²) in [6, 6.07) is 10.9. The van der Waals surface area contributed by atoms with Crippen LogP contribution in [-0.2, 0) is 4.74 Å². The summed E-state index contributed by atoms with van der Waals surface area (Å²) in [5, 5.41) is 6.99. The zero-order chi connectivity index (χ0) is 17.3. The second kappa shape index (κ2) is 6.31. The Hall–Kier alpha value is -3.12. The molecule has 0 bridgehead atoms. The molecule has 130 valence electrons. The summed E-state index contributed by atoms with van der Waals surface area (Å²) in [6.07, 6.45) is 9.61. The molecule has 0 saturated carbocycles. The lowest BCUT2D eigenvalue weighted by atomic mass is 10.0. The van der Waals surface area contributed by atoms with Crippen LogP contribution in [0.5, 0.6) is 0 Å². The van der Waals surface area contributed by atoms with Crippen LogP contribution in [0.15, 0.2) is 61.4 Å². The maximum absolute atomic E-state index is 5.47. The predicted octanol–water partition coefficient (Wildman–Crippen LogP) is 3.23. The van der Waals surface area contributed by atoms with Crippen molar-refractivity contribution in [3.05, 3.63) is 61.4 Å². The van der Waals surface area contributed by atoms with Crippen molar-refractivity contribution in [2.45, 2.75) is 0 Å². The number of H-pyrrole nitrogens is 1. The van der Waals surface area contributed by atoms with Crippen molar-refractivity contribution in [3.63, 3.8) is 0 Å². The zero-order valence-electron chi connectivity index (χ0n) is 14.3. The number of ether oxygens (including phenoxy) is 1. The quantitative estimate of drug-likeness (QED) is 0.619. The van der Waals surface area contributed by atoms with Crippen molar-refractivity contribution in [2.24, 2.45) is 0 Å². The van der Waals surface area contributed by atoms with Gasteiger partial charge in [-0.3, -0.25) is 5.10 Å². The summed E-state index contributed by atoms with van der Waals surface area (Å²) in [5.41, 5.74) is 6.82. The second-order valence-electron chi connectivity index (χ2n) is 6.47. The van der Waals surface area contributed by atoms with Crippen LogP contribution in [0, 0.1) is 0 Å². The summed E-state index contributed by atoms with van der Waals surface area (Å²) < 4.78 is 7.54. The topological polar surface area (TPSA) is 58.5 Å². The van der Waals surface area contributed by atoms with Gasteiger partial charge in [0.05, 0.1) is 37.5 Å². The van der Waals surface area contributed by atoms with Crippen molar-refractivity contribution >= 4 is 11.2 Å². The molecule has 0 aliphatic carbocycles. The van der Waals surface area contributed by atoms with E-state index in [2.05, 4.69) is 61.0 Å². The first kappa shape index (κ1) is 15.2. The molecule has 0 amide bonds. The molecular formula is C20H19N5O. The van der Waals surface area contributed by atoms with Crippen LogP contribution in [0.25, 0.3) is 27.8 Å². The van der Waals surface area contributed by atoms with Crippen molar-refractivity contribution in [1.29, 1.82) is 0 Å². The Morgan fingerprint density at radius 2 is 1.92 bits per heavy atom. The van der Waals surface area contributed by atoms with Gasteiger partial charge in [0.2, 0.25) is 0 Å². The lowest BCUT2D eigenvalue weighted by Gasteiger charge is -2.29. The van der Waals surface area contributed by atoms with E-state index in [0.717, 1.165) is 48.5 Å². The molecule has 1 N–H and O–H groups in total. The van der Waals surface area contributed by atoms with E-state index in [4.69, 9.17) is 4.74 Å². The van der Waals surface area contributed by atoms with Gasteiger partial charge in [-0.25, -0.2) is 4.98 Å². The monoisotopic (exact) mass is 345 g/mol. The zero-order valence-corrected chi connectivity index (χ0v) is 14.3. The number of nitrogens with one attached hydrogen (secondary N) is 1. The van der Waals surface area contributed by atoms with Crippen LogP contribution in [0.4, 0.5) is 5.69 Å². The van der Waals surface area contributed by atoms with Crippen LogP contribution in [-0.4, -0.2) is 45.9 Å². The molecule has 5 rings (SSSR count). The van der Waals surface area contributed by atoms with Crippen LogP contribution in [0.2, 0.25) is 0 Å². The number of anilines is 1. The van der Waals surface area contributed by atoms with Gasteiger partial charge < -0.3 is 14.0 Å². The highest BCUT2D eigenvalue weighted by atomic mass is 16.5. The second-order valence-corrected chi connectivity index (χ2v) is 6.47. The highest BCUT2D eigenvalue weighted by Gasteiger charge is 2.13. The molecule has 26 heavy (non-hydrogen) atoms. The Labute approximate surface area is 151 Å². The van der Waals surface area contributed by atoms with Gasteiger partial charge >= 0.3 is 0 Å². The Morgan fingerprint density at radius 1 is 1.00 bits per heavy atom. The summed E-state index contributed by atoms with van der Waals surface area (Å²) in [4.78, 5) is 6.68. The molecular weight excluding hydrogens is 326 g/mol. The summed E-state index contributed by atoms with van der Waals surface area (Å²) >= 11 is 0. The van der Waals surface area contributed by atoms with Gasteiger partial charge in [-0.05, 0) is 29.3 Å². The van der Waals surface area contributed by atoms with Crippen LogP contribution in [0.1, 0.15) is 0 Å².